The van der Waals surface area contributed by atoms with Gasteiger partial charge in [0.2, 0.25) is 0 Å². The van der Waals surface area contributed by atoms with E-state index >= 15 is 0 Å². The lowest BCUT2D eigenvalue weighted by Crippen LogP contribution is -2.39. The molecule has 0 saturated carbocycles. The van der Waals surface area contributed by atoms with Gasteiger partial charge in [-0.2, -0.15) is 5.10 Å². The maximum Gasteiger partial charge on any atom is 0.165 e. The van der Waals surface area contributed by atoms with Crippen LogP contribution in [0, 0.1) is 6.92 Å². The topological polar surface area (TPSA) is 57.9 Å². The molecule has 7 nitrogen and oxygen atoms in total. The van der Waals surface area contributed by atoms with Gasteiger partial charge >= 0.3 is 0 Å². The monoisotopic (exact) mass is 404 g/mol. The van der Waals surface area contributed by atoms with Crippen LogP contribution in [0.5, 0.6) is 5.75 Å². The molecule has 1 unspecified atom stereocenters. The Kier molecular flexibility index (Phi) is 4.39. The lowest BCUT2D eigenvalue weighted by molar-refractivity contribution is 0.133. The molecule has 3 aliphatic rings. The average Bonchev–Trinajstić information content (AvgIpc) is 3.31. The van der Waals surface area contributed by atoms with E-state index in [1.54, 1.807) is 0 Å². The van der Waals surface area contributed by atoms with E-state index in [4.69, 9.17) is 9.72 Å². The molecular weight excluding hydrogens is 376 g/mol. The van der Waals surface area contributed by atoms with Crippen LogP contribution in [0.2, 0.25) is 0 Å². The summed E-state index contributed by atoms with van der Waals surface area (Å²) in [5.74, 6) is 1.84. The summed E-state index contributed by atoms with van der Waals surface area (Å²) >= 11 is 0. The van der Waals surface area contributed by atoms with Gasteiger partial charge in [-0.3, -0.25) is 9.80 Å². The number of nitrogens with zero attached hydrogens (tertiary/aromatic N) is 5. The third-order valence-electron chi connectivity index (χ3n) is 6.77. The number of hydrogen-bond donors (Lipinski definition) is 1. The van der Waals surface area contributed by atoms with Crippen molar-refractivity contribution in [1.82, 2.24) is 24.4 Å². The van der Waals surface area contributed by atoms with Crippen LogP contribution in [0.4, 0.5) is 5.82 Å². The standard InChI is InChI=1S/C23H28N6O/c1-16-4-5-18-11-20(16)21-12-25-29-9-6-22(26-23(21)29)24-7-10-27-13-17-3-2-8-28(17)15-19(14-27)30-18/h4-6,9,11-12,17,19H,2-3,7-8,10,13-15H2,1H3,(H,24,26)/t17-,19-/m0/s1. The Bertz CT molecular complexity index is 1080. The second-order valence-corrected chi connectivity index (χ2v) is 8.83. The SMILES string of the molecule is Cc1ccc2cc1-c1cnn3ccc(nc13)NCCN1C[C@@H](CN3CCC[C@H]3C1)O2. The maximum absolute atomic E-state index is 6.59. The van der Waals surface area contributed by atoms with E-state index < -0.39 is 0 Å². The quantitative estimate of drug-likeness (QED) is 0.622. The fraction of sp³-hybridized carbons (Fsp3) is 0.478. The second kappa shape index (κ2) is 7.25. The van der Waals surface area contributed by atoms with Gasteiger partial charge < -0.3 is 10.1 Å². The van der Waals surface area contributed by atoms with Gasteiger partial charge in [0, 0.05) is 50.5 Å². The summed E-state index contributed by atoms with van der Waals surface area (Å²) in [7, 11) is 0. The molecule has 2 fully saturated rings. The Morgan fingerprint density at radius 2 is 2.07 bits per heavy atom. The summed E-state index contributed by atoms with van der Waals surface area (Å²) in [5.41, 5.74) is 4.25. The average molecular weight is 405 g/mol. The zero-order valence-corrected chi connectivity index (χ0v) is 17.4. The minimum atomic E-state index is 0.176. The van der Waals surface area contributed by atoms with Crippen LogP contribution in [0.1, 0.15) is 18.4 Å². The summed E-state index contributed by atoms with van der Waals surface area (Å²) in [5, 5.41) is 8.05. The number of nitrogens with one attached hydrogen (secondary N) is 1. The van der Waals surface area contributed by atoms with Crippen molar-refractivity contribution in [2.24, 2.45) is 0 Å². The second-order valence-electron chi connectivity index (χ2n) is 8.83. The minimum Gasteiger partial charge on any atom is -0.488 e. The zero-order chi connectivity index (χ0) is 20.1. The number of ether oxygens (including phenoxy) is 1. The molecule has 2 aromatic heterocycles. The molecule has 1 aromatic carbocycles. The Morgan fingerprint density at radius 3 is 3.03 bits per heavy atom. The van der Waals surface area contributed by atoms with Crippen molar-refractivity contribution in [2.75, 3.05) is 44.6 Å². The van der Waals surface area contributed by atoms with Crippen LogP contribution in [0.25, 0.3) is 16.8 Å². The van der Waals surface area contributed by atoms with Crippen molar-refractivity contribution in [3.05, 3.63) is 42.2 Å². The van der Waals surface area contributed by atoms with Crippen LogP contribution in [0.15, 0.2) is 36.7 Å². The number of anilines is 1. The predicted molar refractivity (Wildman–Crippen MR) is 117 cm³/mol. The van der Waals surface area contributed by atoms with Crippen LogP contribution >= 0.6 is 0 Å². The molecule has 6 bridgehead atoms. The summed E-state index contributed by atoms with van der Waals surface area (Å²) in [6.45, 7) is 8.29. The lowest BCUT2D eigenvalue weighted by atomic mass is 10.0. The molecule has 2 saturated heterocycles. The van der Waals surface area contributed by atoms with E-state index in [1.165, 1.54) is 24.9 Å². The van der Waals surface area contributed by atoms with Gasteiger partial charge in [-0.1, -0.05) is 6.07 Å². The lowest BCUT2D eigenvalue weighted by Gasteiger charge is -2.26. The van der Waals surface area contributed by atoms with Crippen LogP contribution in [-0.2, 0) is 0 Å². The van der Waals surface area contributed by atoms with Gasteiger partial charge in [-0.25, -0.2) is 9.50 Å². The largest absolute Gasteiger partial charge is 0.488 e. The van der Waals surface area contributed by atoms with Gasteiger partial charge in [0.1, 0.15) is 17.7 Å². The highest BCUT2D eigenvalue weighted by atomic mass is 16.5. The molecule has 1 N–H and O–H groups in total. The third kappa shape index (κ3) is 3.22. The van der Waals surface area contributed by atoms with E-state index in [-0.39, 0.29) is 6.10 Å². The fourth-order valence-electron chi connectivity index (χ4n) is 5.24. The van der Waals surface area contributed by atoms with Crippen LogP contribution in [0.3, 0.4) is 0 Å². The maximum atomic E-state index is 6.59. The molecule has 7 heteroatoms. The van der Waals surface area contributed by atoms with Crippen LogP contribution < -0.4 is 10.1 Å². The van der Waals surface area contributed by atoms with Gasteiger partial charge in [0.05, 0.1) is 6.20 Å². The van der Waals surface area contributed by atoms with Gasteiger partial charge in [0.15, 0.2) is 5.65 Å². The Balaban J connectivity index is 1.44. The van der Waals surface area contributed by atoms with Crippen molar-refractivity contribution >= 4 is 11.5 Å². The Hall–Kier alpha value is -2.64. The van der Waals surface area contributed by atoms with Gasteiger partial charge in [-0.15, -0.1) is 0 Å². The number of fused-ring (bicyclic) bond motifs is 7. The van der Waals surface area contributed by atoms with E-state index in [1.807, 2.05) is 23.0 Å². The molecular formula is C23H28N6O. The van der Waals surface area contributed by atoms with Crippen molar-refractivity contribution in [1.29, 1.82) is 0 Å². The Morgan fingerprint density at radius 1 is 1.10 bits per heavy atom. The van der Waals surface area contributed by atoms with Crippen LogP contribution in [-0.4, -0.2) is 75.8 Å². The number of aryl methyl sites for hydroxylation is 1. The number of benzene rings is 1. The third-order valence-corrected chi connectivity index (χ3v) is 6.77. The van der Waals surface area contributed by atoms with Crippen molar-refractivity contribution in [3.63, 3.8) is 0 Å². The number of rotatable bonds is 0. The molecule has 3 aliphatic heterocycles. The molecule has 0 amide bonds. The molecule has 0 radical (unpaired) electrons. The summed E-state index contributed by atoms with van der Waals surface area (Å²) < 4.78 is 8.43. The normalized spacial score (nSPS) is 26.5. The first-order chi connectivity index (χ1) is 14.7. The molecule has 3 aromatic rings. The van der Waals surface area contributed by atoms with Crippen molar-refractivity contribution in [2.45, 2.75) is 31.9 Å². The highest BCUT2D eigenvalue weighted by Crippen LogP contribution is 2.32. The zero-order valence-electron chi connectivity index (χ0n) is 17.4. The Labute approximate surface area is 176 Å². The highest BCUT2D eigenvalue weighted by Gasteiger charge is 2.33. The molecule has 0 aliphatic carbocycles. The molecule has 6 rings (SSSR count). The van der Waals surface area contributed by atoms with E-state index in [2.05, 4.69) is 45.3 Å². The number of hydrogen-bond acceptors (Lipinski definition) is 6. The first kappa shape index (κ1) is 18.2. The van der Waals surface area contributed by atoms with E-state index in [9.17, 15) is 0 Å². The molecule has 0 spiro atoms. The highest BCUT2D eigenvalue weighted by molar-refractivity contribution is 5.80. The molecule has 30 heavy (non-hydrogen) atoms. The van der Waals surface area contributed by atoms with Crippen molar-refractivity contribution < 1.29 is 4.74 Å². The van der Waals surface area contributed by atoms with E-state index in [0.29, 0.717) is 6.04 Å². The molecule has 3 atom stereocenters. The summed E-state index contributed by atoms with van der Waals surface area (Å²) in [4.78, 5) is 10.1. The first-order valence-electron chi connectivity index (χ1n) is 11.1. The minimum absolute atomic E-state index is 0.176. The number of aromatic nitrogens is 3. The molecule has 5 heterocycles. The van der Waals surface area contributed by atoms with E-state index in [0.717, 1.165) is 61.1 Å². The summed E-state index contributed by atoms with van der Waals surface area (Å²) in [6, 6.07) is 9.08. The first-order valence-corrected chi connectivity index (χ1v) is 11.1. The van der Waals surface area contributed by atoms with Crippen molar-refractivity contribution in [3.8, 4) is 16.9 Å². The summed E-state index contributed by atoms with van der Waals surface area (Å²) in [6.07, 6.45) is 6.66. The fourth-order valence-corrected chi connectivity index (χ4v) is 5.24. The van der Waals surface area contributed by atoms with Gasteiger partial charge in [-0.05, 0) is 55.6 Å². The molecule has 156 valence electrons. The predicted octanol–water partition coefficient (Wildman–Crippen LogP) is 2.66. The van der Waals surface area contributed by atoms with Gasteiger partial charge in [0.25, 0.3) is 0 Å². The smallest absolute Gasteiger partial charge is 0.165 e.